The Bertz CT molecular complexity index is 248. The van der Waals surface area contributed by atoms with Gasteiger partial charge in [-0.3, -0.25) is 0 Å². The lowest BCUT2D eigenvalue weighted by atomic mass is 10.0. The molecule has 2 aliphatic rings. The van der Waals surface area contributed by atoms with Crippen molar-refractivity contribution in [3.05, 3.63) is 0 Å². The number of carbonyl (C=O) groups excluding carboxylic acids is 1. The van der Waals surface area contributed by atoms with Crippen molar-refractivity contribution in [1.82, 2.24) is 9.96 Å². The second kappa shape index (κ2) is 3.26. The molecule has 74 valence electrons. The van der Waals surface area contributed by atoms with Crippen LogP contribution in [0.4, 0.5) is 4.79 Å². The van der Waals surface area contributed by atoms with Crippen molar-refractivity contribution in [1.29, 1.82) is 0 Å². The van der Waals surface area contributed by atoms with Crippen LogP contribution in [0.1, 0.15) is 19.8 Å². The van der Waals surface area contributed by atoms with Gasteiger partial charge in [0.25, 0.3) is 0 Å². The number of urea groups is 1. The first-order valence-corrected chi connectivity index (χ1v) is 5.06. The number of fused-ring (bicyclic) bond motifs is 2. The summed E-state index contributed by atoms with van der Waals surface area (Å²) >= 11 is -0.457. The molecule has 0 aromatic heterocycles. The van der Waals surface area contributed by atoms with Crippen LogP contribution >= 0.6 is 0 Å². The summed E-state index contributed by atoms with van der Waals surface area (Å²) in [6.07, 6.45) is 1.92. The Labute approximate surface area is 80.3 Å². The summed E-state index contributed by atoms with van der Waals surface area (Å²) in [5.41, 5.74) is 0. The molecule has 2 bridgehead atoms. The van der Waals surface area contributed by atoms with Crippen LogP contribution in [0.2, 0.25) is 0 Å². The van der Waals surface area contributed by atoms with Gasteiger partial charge in [-0.05, 0) is 19.8 Å². The van der Waals surface area contributed by atoms with Gasteiger partial charge in [0, 0.05) is 12.6 Å². The summed E-state index contributed by atoms with van der Waals surface area (Å²) in [5, 5.41) is 1.23. The number of nitrogens with zero attached hydrogens (tertiary/aromatic N) is 2. The lowest BCUT2D eigenvalue weighted by Gasteiger charge is -2.26. The van der Waals surface area contributed by atoms with E-state index in [1.165, 1.54) is 5.06 Å². The molecule has 13 heavy (non-hydrogen) atoms. The molecule has 2 fully saturated rings. The van der Waals surface area contributed by atoms with Gasteiger partial charge in [0.05, 0.1) is 6.04 Å². The van der Waals surface area contributed by atoms with E-state index in [0.717, 1.165) is 12.8 Å². The number of hydroxylamine groups is 2. The highest BCUT2D eigenvalue weighted by atomic mass is 32.2. The third-order valence-corrected chi connectivity index (χ3v) is 2.99. The number of amides is 2. The second-order valence-corrected chi connectivity index (χ2v) is 3.81. The van der Waals surface area contributed by atoms with E-state index in [1.807, 2.05) is 6.92 Å². The highest BCUT2D eigenvalue weighted by molar-refractivity contribution is 7.60. The molecule has 2 heterocycles. The molecule has 0 spiro atoms. The van der Waals surface area contributed by atoms with Crippen LogP contribution in [0.5, 0.6) is 0 Å². The van der Waals surface area contributed by atoms with Crippen LogP contribution in [-0.2, 0) is 16.2 Å². The van der Waals surface area contributed by atoms with Crippen molar-refractivity contribution in [2.75, 3.05) is 6.54 Å². The SMILES string of the molecule is C[C@@H]1CC[C@@H]2CN1C(=O)N2O[SH]=O. The van der Waals surface area contributed by atoms with Crippen molar-refractivity contribution >= 4 is 18.0 Å². The molecule has 2 aliphatic heterocycles. The molecule has 2 saturated heterocycles. The average molecular weight is 204 g/mol. The fraction of sp³-hybridized carbons (Fsp3) is 0.857. The van der Waals surface area contributed by atoms with E-state index in [4.69, 9.17) is 4.28 Å². The second-order valence-electron chi connectivity index (χ2n) is 3.50. The molecule has 0 aromatic rings. The molecule has 0 saturated carbocycles. The molecular formula is C7H12N2O3S. The Morgan fingerprint density at radius 2 is 2.31 bits per heavy atom. The topological polar surface area (TPSA) is 49.9 Å². The molecule has 6 heteroatoms. The Kier molecular flexibility index (Phi) is 2.25. The number of rotatable bonds is 2. The van der Waals surface area contributed by atoms with Gasteiger partial charge in [-0.1, -0.05) is 0 Å². The zero-order valence-corrected chi connectivity index (χ0v) is 8.24. The van der Waals surface area contributed by atoms with Crippen LogP contribution in [0, 0.1) is 0 Å². The van der Waals surface area contributed by atoms with Gasteiger partial charge in [-0.15, -0.1) is 0 Å². The Morgan fingerprint density at radius 1 is 1.54 bits per heavy atom. The highest BCUT2D eigenvalue weighted by Gasteiger charge is 2.44. The monoisotopic (exact) mass is 204 g/mol. The van der Waals surface area contributed by atoms with Gasteiger partial charge in [0.2, 0.25) is 0 Å². The summed E-state index contributed by atoms with van der Waals surface area (Å²) in [6.45, 7) is 2.72. The number of piperidine rings is 1. The predicted octanol–water partition coefficient (Wildman–Crippen LogP) is 0.0668. The van der Waals surface area contributed by atoms with Crippen molar-refractivity contribution in [2.24, 2.45) is 0 Å². The van der Waals surface area contributed by atoms with Gasteiger partial charge in [0.1, 0.15) is 0 Å². The molecular weight excluding hydrogens is 192 g/mol. The lowest BCUT2D eigenvalue weighted by Crippen LogP contribution is -2.37. The van der Waals surface area contributed by atoms with E-state index in [0.29, 0.717) is 6.54 Å². The van der Waals surface area contributed by atoms with Crippen molar-refractivity contribution in [3.8, 4) is 0 Å². The summed E-state index contributed by atoms with van der Waals surface area (Å²) in [5.74, 6) is 0. The van der Waals surface area contributed by atoms with Gasteiger partial charge < -0.3 is 4.90 Å². The summed E-state index contributed by atoms with van der Waals surface area (Å²) in [4.78, 5) is 13.3. The van der Waals surface area contributed by atoms with E-state index >= 15 is 0 Å². The van der Waals surface area contributed by atoms with Gasteiger partial charge in [-0.2, -0.15) is 9.35 Å². The van der Waals surface area contributed by atoms with Gasteiger partial charge in [-0.25, -0.2) is 9.00 Å². The number of hydrogen-bond acceptors (Lipinski definition) is 3. The minimum absolute atomic E-state index is 0.0881. The largest absolute Gasteiger partial charge is 0.345 e. The molecule has 0 radical (unpaired) electrons. The zero-order valence-electron chi connectivity index (χ0n) is 7.34. The first-order valence-electron chi connectivity index (χ1n) is 4.33. The highest BCUT2D eigenvalue weighted by Crippen LogP contribution is 2.29. The quantitative estimate of drug-likeness (QED) is 0.647. The van der Waals surface area contributed by atoms with E-state index in [9.17, 15) is 9.00 Å². The average Bonchev–Trinajstić information content (AvgIpc) is 2.38. The van der Waals surface area contributed by atoms with E-state index < -0.39 is 11.9 Å². The third-order valence-electron chi connectivity index (χ3n) is 2.74. The van der Waals surface area contributed by atoms with Crippen LogP contribution < -0.4 is 0 Å². The first-order chi connectivity index (χ1) is 6.24. The summed E-state index contributed by atoms with van der Waals surface area (Å²) in [6, 6.07) is 0.212. The van der Waals surface area contributed by atoms with E-state index in [1.54, 1.807) is 4.90 Å². The maximum atomic E-state index is 11.6. The summed E-state index contributed by atoms with van der Waals surface area (Å²) in [7, 11) is 0. The minimum atomic E-state index is -0.457. The predicted molar refractivity (Wildman–Crippen MR) is 47.0 cm³/mol. The molecule has 0 aliphatic carbocycles. The van der Waals surface area contributed by atoms with Crippen LogP contribution in [-0.4, -0.2) is 38.8 Å². The number of hydrogen-bond donors (Lipinski definition) is 1. The zero-order chi connectivity index (χ0) is 9.42. The third kappa shape index (κ3) is 1.34. The van der Waals surface area contributed by atoms with Crippen molar-refractivity contribution in [3.63, 3.8) is 0 Å². The van der Waals surface area contributed by atoms with Gasteiger partial charge in [0.15, 0.2) is 11.9 Å². The molecule has 0 aromatic carbocycles. The maximum absolute atomic E-state index is 11.6. The number of carbonyl (C=O) groups is 1. The molecule has 0 N–H and O–H groups in total. The molecule has 2 amide bonds. The first kappa shape index (κ1) is 8.96. The Balaban J connectivity index is 2.15. The molecule has 2 rings (SSSR count). The standard InChI is InChI=1S/C7H12N2O3S/c1-5-2-3-6-4-8(5)7(10)9(6)12-13-11/h5-6,13H,2-4H2,1H3/t5-,6-/m1/s1. The van der Waals surface area contributed by atoms with E-state index in [2.05, 4.69) is 0 Å². The molecule has 0 unspecified atom stereocenters. The van der Waals surface area contributed by atoms with Crippen LogP contribution in [0.25, 0.3) is 0 Å². The normalized spacial score (nSPS) is 32.8. The van der Waals surface area contributed by atoms with Crippen molar-refractivity contribution in [2.45, 2.75) is 31.8 Å². The Hall–Kier alpha value is -0.620. The number of thiol groups is 1. The fourth-order valence-electron chi connectivity index (χ4n) is 1.97. The summed E-state index contributed by atoms with van der Waals surface area (Å²) < 4.78 is 15.0. The molecule has 2 atom stereocenters. The van der Waals surface area contributed by atoms with Crippen LogP contribution in [0.15, 0.2) is 0 Å². The molecule has 5 nitrogen and oxygen atoms in total. The minimum Gasteiger partial charge on any atom is -0.318 e. The van der Waals surface area contributed by atoms with Gasteiger partial charge >= 0.3 is 6.03 Å². The Morgan fingerprint density at radius 3 is 2.92 bits per heavy atom. The smallest absolute Gasteiger partial charge is 0.318 e. The fourth-order valence-corrected chi connectivity index (χ4v) is 2.24. The van der Waals surface area contributed by atoms with Crippen LogP contribution in [0.3, 0.4) is 0 Å². The lowest BCUT2D eigenvalue weighted by molar-refractivity contribution is -0.0106. The van der Waals surface area contributed by atoms with Crippen molar-refractivity contribution < 1.29 is 13.3 Å². The van der Waals surface area contributed by atoms with E-state index in [-0.39, 0.29) is 18.1 Å². The maximum Gasteiger partial charge on any atom is 0.345 e.